The van der Waals surface area contributed by atoms with Gasteiger partial charge in [0.1, 0.15) is 11.5 Å². The second-order valence-electron chi connectivity index (χ2n) is 6.51. The zero-order chi connectivity index (χ0) is 19.3. The van der Waals surface area contributed by atoms with Crippen LogP contribution < -0.4 is 5.32 Å². The van der Waals surface area contributed by atoms with Crippen molar-refractivity contribution in [2.75, 3.05) is 32.8 Å². The Bertz CT molecular complexity index is 905. The molecule has 1 saturated heterocycles. The first-order valence-corrected chi connectivity index (χ1v) is 10.0. The number of hydrogen-bond donors (Lipinski definition) is 1. The summed E-state index contributed by atoms with van der Waals surface area (Å²) < 4.78 is 20.3. The second-order valence-corrected chi connectivity index (χ2v) is 7.49. The maximum Gasteiger partial charge on any atom is 0.269 e. The fourth-order valence-electron chi connectivity index (χ4n) is 3.33. The highest BCUT2D eigenvalue weighted by Gasteiger charge is 2.24. The Morgan fingerprint density at radius 3 is 2.75 bits per heavy atom. The summed E-state index contributed by atoms with van der Waals surface area (Å²) in [7, 11) is 0. The van der Waals surface area contributed by atoms with E-state index in [1.165, 1.54) is 23.2 Å². The number of carbonyl (C=O) groups is 1. The molecule has 2 aromatic heterocycles. The molecule has 1 fully saturated rings. The van der Waals surface area contributed by atoms with Crippen molar-refractivity contribution < 1.29 is 13.9 Å². The number of nitrogens with one attached hydrogen (secondary N) is 1. The van der Waals surface area contributed by atoms with Crippen LogP contribution in [0.3, 0.4) is 0 Å². The molecule has 0 spiro atoms. The van der Waals surface area contributed by atoms with Crippen LogP contribution >= 0.6 is 11.3 Å². The average Bonchev–Trinajstić information content (AvgIpc) is 3.42. The number of halogens is 1. The molecule has 0 bridgehead atoms. The molecule has 3 heterocycles. The Morgan fingerprint density at radius 1 is 1.25 bits per heavy atom. The van der Waals surface area contributed by atoms with Crippen LogP contribution in [-0.2, 0) is 4.74 Å². The third-order valence-electron chi connectivity index (χ3n) is 4.79. The first-order chi connectivity index (χ1) is 13.7. The van der Waals surface area contributed by atoms with E-state index >= 15 is 0 Å². The molecule has 1 aliphatic heterocycles. The van der Waals surface area contributed by atoms with Gasteiger partial charge in [-0.3, -0.25) is 14.3 Å². The highest BCUT2D eigenvalue weighted by molar-refractivity contribution is 7.10. The van der Waals surface area contributed by atoms with E-state index in [4.69, 9.17) is 4.74 Å². The Kier molecular flexibility index (Phi) is 5.80. The van der Waals surface area contributed by atoms with Gasteiger partial charge in [0.15, 0.2) is 0 Å². The monoisotopic (exact) mass is 400 g/mol. The first kappa shape index (κ1) is 18.8. The zero-order valence-electron chi connectivity index (χ0n) is 15.3. The number of amides is 1. The summed E-state index contributed by atoms with van der Waals surface area (Å²) >= 11 is 1.69. The number of hydrogen-bond acceptors (Lipinski definition) is 5. The van der Waals surface area contributed by atoms with Crippen molar-refractivity contribution in [3.05, 3.63) is 70.7 Å². The van der Waals surface area contributed by atoms with E-state index in [0.29, 0.717) is 31.1 Å². The summed E-state index contributed by atoms with van der Waals surface area (Å²) in [6.45, 7) is 3.58. The number of benzene rings is 1. The van der Waals surface area contributed by atoms with E-state index < -0.39 is 0 Å². The highest BCUT2D eigenvalue weighted by atomic mass is 32.1. The summed E-state index contributed by atoms with van der Waals surface area (Å²) in [5, 5.41) is 5.09. The SMILES string of the molecule is O=C(NCC(c1cccs1)N1CCOCC1)c1cncn1-c1ccc(F)cc1. The number of ether oxygens (including phenoxy) is 1. The van der Waals surface area contributed by atoms with Gasteiger partial charge in [-0.1, -0.05) is 6.07 Å². The van der Waals surface area contributed by atoms with Gasteiger partial charge in [-0.2, -0.15) is 0 Å². The fourth-order valence-corrected chi connectivity index (χ4v) is 4.19. The highest BCUT2D eigenvalue weighted by Crippen LogP contribution is 2.25. The van der Waals surface area contributed by atoms with Crippen LogP contribution in [0.4, 0.5) is 4.39 Å². The summed E-state index contributed by atoms with van der Waals surface area (Å²) in [5.41, 5.74) is 1.10. The van der Waals surface area contributed by atoms with Crippen LogP contribution in [0.5, 0.6) is 0 Å². The standard InChI is InChI=1S/C20H21FN4O2S/c21-15-3-5-16(6-4-15)25-14-22-12-18(25)20(26)23-13-17(19-2-1-11-28-19)24-7-9-27-10-8-24/h1-6,11-12,14,17H,7-10,13H2,(H,23,26). The molecular weight excluding hydrogens is 379 g/mol. The van der Waals surface area contributed by atoms with Crippen LogP contribution in [0, 0.1) is 5.82 Å². The van der Waals surface area contributed by atoms with Crippen molar-refractivity contribution in [1.29, 1.82) is 0 Å². The van der Waals surface area contributed by atoms with Gasteiger partial charge >= 0.3 is 0 Å². The number of morpholine rings is 1. The van der Waals surface area contributed by atoms with Crippen molar-refractivity contribution in [1.82, 2.24) is 19.8 Å². The largest absolute Gasteiger partial charge is 0.379 e. The molecule has 1 N–H and O–H groups in total. The van der Waals surface area contributed by atoms with Crippen LogP contribution in [0.15, 0.2) is 54.3 Å². The fraction of sp³-hybridized carbons (Fsp3) is 0.300. The third-order valence-corrected chi connectivity index (χ3v) is 5.76. The van der Waals surface area contributed by atoms with E-state index in [0.717, 1.165) is 13.1 Å². The molecule has 1 unspecified atom stereocenters. The molecule has 3 aromatic rings. The smallest absolute Gasteiger partial charge is 0.269 e. The molecular formula is C20H21FN4O2S. The lowest BCUT2D eigenvalue weighted by atomic mass is 10.2. The average molecular weight is 400 g/mol. The molecule has 0 saturated carbocycles. The molecule has 146 valence electrons. The van der Waals surface area contributed by atoms with Crippen LogP contribution in [0.25, 0.3) is 5.69 Å². The minimum Gasteiger partial charge on any atom is -0.379 e. The van der Waals surface area contributed by atoms with Gasteiger partial charge in [0.05, 0.1) is 31.8 Å². The number of nitrogens with zero attached hydrogens (tertiary/aromatic N) is 3. The summed E-state index contributed by atoms with van der Waals surface area (Å²) in [6, 6.07) is 10.2. The maximum atomic E-state index is 13.2. The van der Waals surface area contributed by atoms with Gasteiger partial charge < -0.3 is 10.1 Å². The van der Waals surface area contributed by atoms with Crippen molar-refractivity contribution in [2.45, 2.75) is 6.04 Å². The van der Waals surface area contributed by atoms with Gasteiger partial charge in [0.2, 0.25) is 0 Å². The summed E-state index contributed by atoms with van der Waals surface area (Å²) in [6.07, 6.45) is 3.08. The van der Waals surface area contributed by atoms with Crippen molar-refractivity contribution in [3.63, 3.8) is 0 Å². The molecule has 0 aliphatic carbocycles. The normalized spacial score (nSPS) is 16.0. The van der Waals surface area contributed by atoms with Gasteiger partial charge in [-0.25, -0.2) is 9.37 Å². The predicted molar refractivity (Wildman–Crippen MR) is 105 cm³/mol. The molecule has 1 amide bonds. The molecule has 8 heteroatoms. The summed E-state index contributed by atoms with van der Waals surface area (Å²) in [4.78, 5) is 20.5. The predicted octanol–water partition coefficient (Wildman–Crippen LogP) is 2.88. The molecule has 1 aliphatic rings. The van der Waals surface area contributed by atoms with Crippen molar-refractivity contribution in [3.8, 4) is 5.69 Å². The second kappa shape index (κ2) is 8.64. The quantitative estimate of drug-likeness (QED) is 0.691. The number of rotatable bonds is 6. The molecule has 0 radical (unpaired) electrons. The van der Waals surface area contributed by atoms with Gasteiger partial charge in [-0.15, -0.1) is 11.3 Å². The van der Waals surface area contributed by atoms with Gasteiger partial charge in [0, 0.05) is 30.2 Å². The molecule has 28 heavy (non-hydrogen) atoms. The van der Waals surface area contributed by atoms with Crippen molar-refractivity contribution >= 4 is 17.2 Å². The molecule has 1 atom stereocenters. The minimum absolute atomic E-state index is 0.107. The Balaban J connectivity index is 1.48. The number of aromatic nitrogens is 2. The van der Waals surface area contributed by atoms with Crippen LogP contribution in [-0.4, -0.2) is 53.2 Å². The zero-order valence-corrected chi connectivity index (χ0v) is 16.1. The molecule has 1 aromatic carbocycles. The molecule has 4 rings (SSSR count). The number of thiophene rings is 1. The summed E-state index contributed by atoms with van der Waals surface area (Å²) in [5.74, 6) is -0.532. The lowest BCUT2D eigenvalue weighted by Gasteiger charge is -2.34. The van der Waals surface area contributed by atoms with Crippen LogP contribution in [0.2, 0.25) is 0 Å². The third kappa shape index (κ3) is 4.14. The maximum absolute atomic E-state index is 13.2. The van der Waals surface area contributed by atoms with E-state index in [1.807, 2.05) is 11.4 Å². The molecule has 6 nitrogen and oxygen atoms in total. The van der Waals surface area contributed by atoms with E-state index in [1.54, 1.807) is 34.4 Å². The topological polar surface area (TPSA) is 59.4 Å². The Labute approximate surface area is 166 Å². The Morgan fingerprint density at radius 2 is 2.04 bits per heavy atom. The van der Waals surface area contributed by atoms with E-state index in [9.17, 15) is 9.18 Å². The lowest BCUT2D eigenvalue weighted by molar-refractivity contribution is 0.0169. The lowest BCUT2D eigenvalue weighted by Crippen LogP contribution is -2.43. The van der Waals surface area contributed by atoms with Gasteiger partial charge in [-0.05, 0) is 35.7 Å². The van der Waals surface area contributed by atoms with E-state index in [-0.39, 0.29) is 17.8 Å². The van der Waals surface area contributed by atoms with Crippen molar-refractivity contribution in [2.24, 2.45) is 0 Å². The van der Waals surface area contributed by atoms with Gasteiger partial charge in [0.25, 0.3) is 5.91 Å². The minimum atomic E-state index is -0.320. The first-order valence-electron chi connectivity index (χ1n) is 9.14. The number of carbonyl (C=O) groups excluding carboxylic acids is 1. The Hall–Kier alpha value is -2.55. The van der Waals surface area contributed by atoms with Crippen LogP contribution in [0.1, 0.15) is 21.4 Å². The number of imidazole rings is 1. The van der Waals surface area contributed by atoms with E-state index in [2.05, 4.69) is 21.3 Å².